The quantitative estimate of drug-likeness (QED) is 0.807. The predicted octanol–water partition coefficient (Wildman–Crippen LogP) is 3.18. The normalized spacial score (nSPS) is 16.1. The zero-order chi connectivity index (χ0) is 15.8. The van der Waals surface area contributed by atoms with Crippen molar-refractivity contribution < 1.29 is 0 Å². The lowest BCUT2D eigenvalue weighted by atomic mass is 9.95. The van der Waals surface area contributed by atoms with Crippen LogP contribution in [0.4, 0.5) is 5.82 Å². The molecule has 1 fully saturated rings. The molecule has 0 atom stereocenters. The molecule has 120 valence electrons. The number of hydrogen-bond acceptors (Lipinski definition) is 4. The van der Waals surface area contributed by atoms with E-state index in [2.05, 4.69) is 19.8 Å². The highest BCUT2D eigenvalue weighted by atomic mass is 15.3. The Labute approximate surface area is 135 Å². The maximum atomic E-state index is 4.81. The number of hydrogen-bond donors (Lipinski definition) is 1. The fourth-order valence-corrected chi connectivity index (χ4v) is 3.50. The van der Waals surface area contributed by atoms with Gasteiger partial charge in [-0.1, -0.05) is 19.3 Å². The number of nitrogens with one attached hydrogen (secondary N) is 1. The fourth-order valence-electron chi connectivity index (χ4n) is 3.50. The predicted molar refractivity (Wildman–Crippen MR) is 90.4 cm³/mol. The molecule has 0 saturated heterocycles. The van der Waals surface area contributed by atoms with Crippen molar-refractivity contribution in [3.8, 4) is 11.3 Å². The molecule has 23 heavy (non-hydrogen) atoms. The lowest BCUT2D eigenvalue weighted by Gasteiger charge is -2.24. The molecular weight excluding hydrogens is 288 g/mol. The average Bonchev–Trinajstić information content (AvgIpc) is 3.08. The van der Waals surface area contributed by atoms with Crippen LogP contribution in [0.2, 0.25) is 0 Å². The number of anilines is 1. The molecule has 1 aliphatic rings. The van der Waals surface area contributed by atoms with Crippen LogP contribution in [0.1, 0.15) is 37.8 Å². The van der Waals surface area contributed by atoms with E-state index in [9.17, 15) is 0 Å². The van der Waals surface area contributed by atoms with Gasteiger partial charge >= 0.3 is 0 Å². The summed E-state index contributed by atoms with van der Waals surface area (Å²) in [5, 5.41) is 8.21. The van der Waals surface area contributed by atoms with Crippen molar-refractivity contribution in [2.75, 3.05) is 5.32 Å². The van der Waals surface area contributed by atoms with Gasteiger partial charge in [0.2, 0.25) is 0 Å². The summed E-state index contributed by atoms with van der Waals surface area (Å²) in [5.74, 6) is 1.06. The summed E-state index contributed by atoms with van der Waals surface area (Å²) in [6, 6.07) is 0.521. The molecule has 1 saturated carbocycles. The van der Waals surface area contributed by atoms with Gasteiger partial charge in [0.1, 0.15) is 11.5 Å². The van der Waals surface area contributed by atoms with Gasteiger partial charge in [0, 0.05) is 37.2 Å². The molecule has 0 spiro atoms. The first-order valence-corrected chi connectivity index (χ1v) is 8.31. The van der Waals surface area contributed by atoms with E-state index in [1.54, 1.807) is 12.4 Å². The monoisotopic (exact) mass is 310 g/mol. The molecule has 1 N–H and O–H groups in total. The van der Waals surface area contributed by atoms with Crippen molar-refractivity contribution >= 4 is 11.5 Å². The largest absolute Gasteiger partial charge is 0.367 e. The van der Waals surface area contributed by atoms with Gasteiger partial charge < -0.3 is 5.32 Å². The second kappa shape index (κ2) is 5.68. The van der Waals surface area contributed by atoms with E-state index in [0.29, 0.717) is 6.04 Å². The Hall–Kier alpha value is -2.37. The second-order valence-corrected chi connectivity index (χ2v) is 6.39. The molecule has 0 bridgehead atoms. The van der Waals surface area contributed by atoms with Crippen LogP contribution in [0, 0.1) is 6.92 Å². The van der Waals surface area contributed by atoms with Gasteiger partial charge in [-0.3, -0.25) is 14.1 Å². The first-order valence-electron chi connectivity index (χ1n) is 8.31. The lowest BCUT2D eigenvalue weighted by molar-refractivity contribution is 0.461. The van der Waals surface area contributed by atoms with Crippen molar-refractivity contribution in [2.45, 2.75) is 45.1 Å². The highest BCUT2D eigenvalue weighted by Crippen LogP contribution is 2.32. The fraction of sp³-hybridized carbons (Fsp3) is 0.471. The summed E-state index contributed by atoms with van der Waals surface area (Å²) in [6.07, 6.45) is 14.0. The zero-order valence-electron chi connectivity index (χ0n) is 13.7. The Morgan fingerprint density at radius 3 is 2.78 bits per heavy atom. The van der Waals surface area contributed by atoms with E-state index < -0.39 is 0 Å². The maximum Gasteiger partial charge on any atom is 0.157 e. The van der Waals surface area contributed by atoms with Crippen LogP contribution in [0.15, 0.2) is 24.8 Å². The number of aromatic nitrogens is 5. The number of aryl methyl sites for hydroxylation is 2. The number of nitrogens with zero attached hydrogens (tertiary/aromatic N) is 5. The third-order valence-corrected chi connectivity index (χ3v) is 4.64. The Morgan fingerprint density at radius 2 is 2.04 bits per heavy atom. The van der Waals surface area contributed by atoms with Gasteiger partial charge in [-0.05, 0) is 19.8 Å². The van der Waals surface area contributed by atoms with Gasteiger partial charge in [-0.25, -0.2) is 4.98 Å². The summed E-state index contributed by atoms with van der Waals surface area (Å²) >= 11 is 0. The summed E-state index contributed by atoms with van der Waals surface area (Å²) in [6.45, 7) is 2.03. The number of fused-ring (bicyclic) bond motifs is 1. The minimum Gasteiger partial charge on any atom is -0.367 e. The van der Waals surface area contributed by atoms with Crippen LogP contribution < -0.4 is 5.32 Å². The molecule has 1 aliphatic carbocycles. The smallest absolute Gasteiger partial charge is 0.157 e. The van der Waals surface area contributed by atoms with Crippen LogP contribution in [0.25, 0.3) is 16.9 Å². The highest BCUT2D eigenvalue weighted by Gasteiger charge is 2.21. The molecule has 0 aliphatic heterocycles. The van der Waals surface area contributed by atoms with Crippen molar-refractivity contribution in [1.29, 1.82) is 0 Å². The Kier molecular flexibility index (Phi) is 3.52. The van der Waals surface area contributed by atoms with E-state index >= 15 is 0 Å². The highest BCUT2D eigenvalue weighted by molar-refractivity contribution is 5.77. The first-order chi connectivity index (χ1) is 11.2. The zero-order valence-corrected chi connectivity index (χ0v) is 13.7. The first kappa shape index (κ1) is 14.2. The van der Waals surface area contributed by atoms with E-state index in [-0.39, 0.29) is 0 Å². The molecular formula is C17H22N6. The molecule has 0 amide bonds. The second-order valence-electron chi connectivity index (χ2n) is 6.39. The van der Waals surface area contributed by atoms with Crippen molar-refractivity contribution in [1.82, 2.24) is 24.1 Å². The van der Waals surface area contributed by atoms with Crippen molar-refractivity contribution in [3.63, 3.8) is 0 Å². The van der Waals surface area contributed by atoms with E-state index in [1.807, 2.05) is 31.0 Å². The minimum atomic E-state index is 0.521. The molecule has 3 aromatic heterocycles. The molecule has 0 unspecified atom stereocenters. The van der Waals surface area contributed by atoms with Gasteiger partial charge in [0.15, 0.2) is 5.65 Å². The van der Waals surface area contributed by atoms with Crippen molar-refractivity contribution in [2.24, 2.45) is 7.05 Å². The Balaban J connectivity index is 1.82. The third kappa shape index (κ3) is 2.58. The maximum absolute atomic E-state index is 4.81. The van der Waals surface area contributed by atoms with Crippen LogP contribution in [0.3, 0.4) is 0 Å². The molecule has 0 radical (unpaired) electrons. The SMILES string of the molecule is Cc1nn(C)cc1-c1nc2cnccn2c1NC1CCCCC1. The third-order valence-electron chi connectivity index (χ3n) is 4.64. The standard InChI is InChI=1S/C17H22N6/c1-12-14(11-22(2)21-12)16-17(19-13-6-4-3-5-7-13)23-9-8-18-10-15(23)20-16/h8-11,13,19H,3-7H2,1-2H3. The summed E-state index contributed by atoms with van der Waals surface area (Å²) in [7, 11) is 1.95. The summed E-state index contributed by atoms with van der Waals surface area (Å²) < 4.78 is 3.95. The number of rotatable bonds is 3. The van der Waals surface area contributed by atoms with Gasteiger partial charge in [0.25, 0.3) is 0 Å². The molecule has 6 nitrogen and oxygen atoms in total. The Bertz CT molecular complexity index is 825. The van der Waals surface area contributed by atoms with Gasteiger partial charge in [-0.2, -0.15) is 5.10 Å². The summed E-state index contributed by atoms with van der Waals surface area (Å²) in [5.41, 5.74) is 3.91. The van der Waals surface area contributed by atoms with Gasteiger partial charge in [-0.15, -0.1) is 0 Å². The molecule has 6 heteroatoms. The topological polar surface area (TPSA) is 60.0 Å². The summed E-state index contributed by atoms with van der Waals surface area (Å²) in [4.78, 5) is 9.01. The Morgan fingerprint density at radius 1 is 1.22 bits per heavy atom. The minimum absolute atomic E-state index is 0.521. The molecule has 3 aromatic rings. The lowest BCUT2D eigenvalue weighted by Crippen LogP contribution is -2.23. The average molecular weight is 310 g/mol. The van der Waals surface area contributed by atoms with Crippen LogP contribution in [-0.4, -0.2) is 30.2 Å². The van der Waals surface area contributed by atoms with E-state index in [4.69, 9.17) is 4.98 Å². The molecule has 3 heterocycles. The number of imidazole rings is 1. The van der Waals surface area contributed by atoms with Crippen molar-refractivity contribution in [3.05, 3.63) is 30.5 Å². The van der Waals surface area contributed by atoms with Crippen LogP contribution in [0.5, 0.6) is 0 Å². The van der Waals surface area contributed by atoms with Gasteiger partial charge in [0.05, 0.1) is 11.9 Å². The van der Waals surface area contributed by atoms with Crippen LogP contribution >= 0.6 is 0 Å². The van der Waals surface area contributed by atoms with E-state index in [0.717, 1.165) is 28.4 Å². The van der Waals surface area contributed by atoms with E-state index in [1.165, 1.54) is 32.1 Å². The molecule has 0 aromatic carbocycles. The molecule has 4 rings (SSSR count). The van der Waals surface area contributed by atoms with Crippen LogP contribution in [-0.2, 0) is 7.05 Å².